The molecular formula is C17H29N5O. The van der Waals surface area contributed by atoms with Crippen molar-refractivity contribution in [3.05, 3.63) is 18.5 Å². The second kappa shape index (κ2) is 8.70. The molecule has 0 saturated carbocycles. The van der Waals surface area contributed by atoms with Gasteiger partial charge in [-0.05, 0) is 25.3 Å². The summed E-state index contributed by atoms with van der Waals surface area (Å²) in [5.74, 6) is 1.47. The molecule has 1 aliphatic rings. The summed E-state index contributed by atoms with van der Waals surface area (Å²) in [5, 5.41) is 3.12. The van der Waals surface area contributed by atoms with Crippen LogP contribution in [0, 0.1) is 5.92 Å². The lowest BCUT2D eigenvalue weighted by Gasteiger charge is -2.35. The number of carbonyl (C=O) groups excluding carboxylic acids is 1. The highest BCUT2D eigenvalue weighted by molar-refractivity contribution is 5.74. The second-order valence-corrected chi connectivity index (χ2v) is 6.70. The fourth-order valence-electron chi connectivity index (χ4n) is 2.77. The molecule has 1 aromatic heterocycles. The fourth-order valence-corrected chi connectivity index (χ4v) is 2.77. The summed E-state index contributed by atoms with van der Waals surface area (Å²) in [4.78, 5) is 24.9. The van der Waals surface area contributed by atoms with Crippen molar-refractivity contribution in [3.63, 3.8) is 0 Å². The first-order valence-electron chi connectivity index (χ1n) is 8.63. The molecule has 1 atom stereocenters. The van der Waals surface area contributed by atoms with Gasteiger partial charge in [-0.1, -0.05) is 26.7 Å². The third-order valence-electron chi connectivity index (χ3n) is 4.19. The van der Waals surface area contributed by atoms with Gasteiger partial charge in [0.15, 0.2) is 0 Å². The zero-order valence-electron chi connectivity index (χ0n) is 14.5. The normalized spacial score (nSPS) is 16.5. The highest BCUT2D eigenvalue weighted by atomic mass is 16.2. The maximum atomic E-state index is 12.3. The Morgan fingerprint density at radius 2 is 1.78 bits per heavy atom. The van der Waals surface area contributed by atoms with Crippen molar-refractivity contribution in [1.82, 2.24) is 20.2 Å². The predicted octanol–water partition coefficient (Wildman–Crippen LogP) is 2.52. The van der Waals surface area contributed by atoms with E-state index in [4.69, 9.17) is 0 Å². The van der Waals surface area contributed by atoms with Gasteiger partial charge < -0.3 is 15.1 Å². The van der Waals surface area contributed by atoms with Crippen LogP contribution in [-0.2, 0) is 0 Å². The summed E-state index contributed by atoms with van der Waals surface area (Å²) in [6, 6.07) is 2.10. The van der Waals surface area contributed by atoms with E-state index in [0.717, 1.165) is 37.8 Å². The van der Waals surface area contributed by atoms with Gasteiger partial charge in [0.1, 0.15) is 0 Å². The van der Waals surface area contributed by atoms with Crippen LogP contribution in [0.4, 0.5) is 10.7 Å². The molecular weight excluding hydrogens is 290 g/mol. The number of hydrogen-bond acceptors (Lipinski definition) is 4. The van der Waals surface area contributed by atoms with Gasteiger partial charge in [0.25, 0.3) is 0 Å². The molecule has 0 aliphatic carbocycles. The topological polar surface area (TPSA) is 61.4 Å². The molecule has 1 aliphatic heterocycles. The van der Waals surface area contributed by atoms with E-state index < -0.39 is 0 Å². The lowest BCUT2D eigenvalue weighted by molar-refractivity contribution is 0.190. The Morgan fingerprint density at radius 1 is 1.13 bits per heavy atom. The molecule has 0 aromatic carbocycles. The van der Waals surface area contributed by atoms with Crippen LogP contribution in [0.1, 0.15) is 40.0 Å². The zero-order chi connectivity index (χ0) is 16.7. The van der Waals surface area contributed by atoms with Crippen LogP contribution in [0.15, 0.2) is 18.5 Å². The van der Waals surface area contributed by atoms with Gasteiger partial charge in [-0.25, -0.2) is 14.8 Å². The number of nitrogens with one attached hydrogen (secondary N) is 1. The first kappa shape index (κ1) is 17.5. The summed E-state index contributed by atoms with van der Waals surface area (Å²) >= 11 is 0. The van der Waals surface area contributed by atoms with Crippen LogP contribution < -0.4 is 10.2 Å². The van der Waals surface area contributed by atoms with E-state index >= 15 is 0 Å². The number of piperazine rings is 1. The highest BCUT2D eigenvalue weighted by Gasteiger charge is 2.23. The number of nitrogens with zero attached hydrogens (tertiary/aromatic N) is 4. The van der Waals surface area contributed by atoms with Crippen molar-refractivity contribution in [1.29, 1.82) is 0 Å². The number of aromatic nitrogens is 2. The summed E-state index contributed by atoms with van der Waals surface area (Å²) < 4.78 is 0. The molecule has 0 spiro atoms. The van der Waals surface area contributed by atoms with E-state index in [1.165, 1.54) is 6.42 Å². The molecule has 6 heteroatoms. The molecule has 1 saturated heterocycles. The Morgan fingerprint density at radius 3 is 2.39 bits per heavy atom. The quantitative estimate of drug-likeness (QED) is 0.875. The third-order valence-corrected chi connectivity index (χ3v) is 4.19. The van der Waals surface area contributed by atoms with Gasteiger partial charge in [0, 0.05) is 44.6 Å². The molecule has 2 rings (SSSR count). The van der Waals surface area contributed by atoms with Crippen molar-refractivity contribution >= 4 is 12.0 Å². The number of hydrogen-bond donors (Lipinski definition) is 1. The van der Waals surface area contributed by atoms with Crippen molar-refractivity contribution in [2.75, 3.05) is 31.1 Å². The van der Waals surface area contributed by atoms with Gasteiger partial charge in [0.05, 0.1) is 0 Å². The number of amides is 2. The van der Waals surface area contributed by atoms with E-state index in [1.54, 1.807) is 12.4 Å². The van der Waals surface area contributed by atoms with Gasteiger partial charge >= 0.3 is 6.03 Å². The van der Waals surface area contributed by atoms with Crippen LogP contribution in [0.2, 0.25) is 0 Å². The van der Waals surface area contributed by atoms with Crippen LogP contribution in [-0.4, -0.2) is 53.1 Å². The van der Waals surface area contributed by atoms with Crippen molar-refractivity contribution in [3.8, 4) is 0 Å². The van der Waals surface area contributed by atoms with Gasteiger partial charge in [-0.2, -0.15) is 0 Å². The first-order valence-corrected chi connectivity index (χ1v) is 8.63. The molecule has 6 nitrogen and oxygen atoms in total. The molecule has 1 aromatic rings. The Bertz CT molecular complexity index is 471. The number of anilines is 1. The van der Waals surface area contributed by atoms with E-state index in [-0.39, 0.29) is 12.1 Å². The zero-order valence-corrected chi connectivity index (χ0v) is 14.5. The molecule has 128 valence electrons. The van der Waals surface area contributed by atoms with Gasteiger partial charge in [0.2, 0.25) is 5.95 Å². The Balaban J connectivity index is 1.71. The molecule has 1 fully saturated rings. The summed E-state index contributed by atoms with van der Waals surface area (Å²) in [7, 11) is 0. The SMILES string of the molecule is CC(C)CCCC(C)NC(=O)N1CCN(c2ncccn2)CC1. The first-order chi connectivity index (χ1) is 11.1. The summed E-state index contributed by atoms with van der Waals surface area (Å²) in [6.07, 6.45) is 6.93. The number of rotatable bonds is 6. The summed E-state index contributed by atoms with van der Waals surface area (Å²) in [6.45, 7) is 9.54. The van der Waals surface area contributed by atoms with Gasteiger partial charge in [-0.15, -0.1) is 0 Å². The van der Waals surface area contributed by atoms with Crippen LogP contribution in [0.3, 0.4) is 0 Å². The molecule has 1 unspecified atom stereocenters. The molecule has 2 heterocycles. The molecule has 23 heavy (non-hydrogen) atoms. The summed E-state index contributed by atoms with van der Waals surface area (Å²) in [5.41, 5.74) is 0. The Labute approximate surface area is 139 Å². The van der Waals surface area contributed by atoms with Crippen LogP contribution >= 0.6 is 0 Å². The average molecular weight is 319 g/mol. The van der Waals surface area contributed by atoms with E-state index in [2.05, 4.69) is 41.0 Å². The Hall–Kier alpha value is -1.85. The maximum Gasteiger partial charge on any atom is 0.317 e. The maximum absolute atomic E-state index is 12.3. The monoisotopic (exact) mass is 319 g/mol. The van der Waals surface area contributed by atoms with Crippen LogP contribution in [0.5, 0.6) is 0 Å². The standard InChI is InChI=1S/C17H29N5O/c1-14(2)6-4-7-15(3)20-17(23)22-12-10-21(11-13-22)16-18-8-5-9-19-16/h5,8-9,14-15H,4,6-7,10-13H2,1-3H3,(H,20,23). The highest BCUT2D eigenvalue weighted by Crippen LogP contribution is 2.11. The van der Waals surface area contributed by atoms with E-state index in [9.17, 15) is 4.79 Å². The minimum Gasteiger partial charge on any atom is -0.337 e. The Kier molecular flexibility index (Phi) is 6.62. The van der Waals surface area contributed by atoms with Crippen molar-refractivity contribution in [2.24, 2.45) is 5.92 Å². The lowest BCUT2D eigenvalue weighted by Crippen LogP contribution is -2.53. The minimum absolute atomic E-state index is 0.0516. The van der Waals surface area contributed by atoms with Crippen LogP contribution in [0.25, 0.3) is 0 Å². The lowest BCUT2D eigenvalue weighted by atomic mass is 10.0. The molecule has 0 bridgehead atoms. The van der Waals surface area contributed by atoms with E-state index in [0.29, 0.717) is 13.1 Å². The average Bonchev–Trinajstić information content (AvgIpc) is 2.55. The predicted molar refractivity (Wildman–Crippen MR) is 92.5 cm³/mol. The second-order valence-electron chi connectivity index (χ2n) is 6.70. The minimum atomic E-state index is 0.0516. The van der Waals surface area contributed by atoms with Crippen molar-refractivity contribution < 1.29 is 4.79 Å². The van der Waals surface area contributed by atoms with Crippen molar-refractivity contribution in [2.45, 2.75) is 46.1 Å². The smallest absolute Gasteiger partial charge is 0.317 e. The van der Waals surface area contributed by atoms with E-state index in [1.807, 2.05) is 11.0 Å². The fraction of sp³-hybridized carbons (Fsp3) is 0.706. The van der Waals surface area contributed by atoms with Gasteiger partial charge in [-0.3, -0.25) is 0 Å². The molecule has 1 N–H and O–H groups in total. The largest absolute Gasteiger partial charge is 0.337 e. The number of urea groups is 1. The molecule has 0 radical (unpaired) electrons. The molecule has 2 amide bonds. The third kappa shape index (κ3) is 5.69. The number of carbonyl (C=O) groups is 1.